The maximum absolute atomic E-state index is 12.3. The number of nitrogens with one attached hydrogen (secondary N) is 2. The Labute approximate surface area is 146 Å². The Morgan fingerprint density at radius 3 is 2.88 bits per heavy atom. The lowest BCUT2D eigenvalue weighted by Gasteiger charge is -2.16. The molecule has 2 aromatic rings. The standard InChI is InChI=1S/C19H21N3O3/c1-3-16(21-15-6-4-5-13(2)9-15)19(23)22-20-11-14-7-8-17-18(10-14)25-12-24-17/h4-11,16,21H,3,12H2,1-2H3,(H,22,23)/b20-11-/t16-/m0/s1. The van der Waals surface area contributed by atoms with E-state index < -0.39 is 0 Å². The van der Waals surface area contributed by atoms with Gasteiger partial charge in [0.1, 0.15) is 6.04 Å². The van der Waals surface area contributed by atoms with Crippen LogP contribution in [0.15, 0.2) is 47.6 Å². The second-order valence-corrected chi connectivity index (χ2v) is 5.82. The van der Waals surface area contributed by atoms with Crippen LogP contribution in [-0.4, -0.2) is 25.0 Å². The summed E-state index contributed by atoms with van der Waals surface area (Å²) >= 11 is 0. The van der Waals surface area contributed by atoms with E-state index in [0.29, 0.717) is 12.2 Å². The molecule has 0 saturated heterocycles. The van der Waals surface area contributed by atoms with Crippen molar-refractivity contribution in [2.75, 3.05) is 12.1 Å². The van der Waals surface area contributed by atoms with E-state index in [9.17, 15) is 4.79 Å². The summed E-state index contributed by atoms with van der Waals surface area (Å²) in [5.41, 5.74) is 5.46. The van der Waals surface area contributed by atoms with Gasteiger partial charge in [-0.15, -0.1) is 0 Å². The van der Waals surface area contributed by atoms with Crippen molar-refractivity contribution in [2.24, 2.45) is 5.10 Å². The van der Waals surface area contributed by atoms with Gasteiger partial charge in [-0.1, -0.05) is 19.1 Å². The first kappa shape index (κ1) is 16.8. The third-order valence-electron chi connectivity index (χ3n) is 3.87. The van der Waals surface area contributed by atoms with Crippen molar-refractivity contribution < 1.29 is 14.3 Å². The number of hydrazone groups is 1. The van der Waals surface area contributed by atoms with Gasteiger partial charge in [0.25, 0.3) is 5.91 Å². The van der Waals surface area contributed by atoms with Crippen LogP contribution < -0.4 is 20.2 Å². The van der Waals surface area contributed by atoms with Crippen LogP contribution in [0, 0.1) is 6.92 Å². The average molecular weight is 339 g/mol. The number of carbonyl (C=O) groups is 1. The molecule has 2 aromatic carbocycles. The molecule has 6 heteroatoms. The summed E-state index contributed by atoms with van der Waals surface area (Å²) in [6.45, 7) is 4.20. The van der Waals surface area contributed by atoms with Gasteiger partial charge in [-0.25, -0.2) is 5.43 Å². The van der Waals surface area contributed by atoms with Gasteiger partial charge in [0, 0.05) is 5.69 Å². The lowest BCUT2D eigenvalue weighted by molar-refractivity contribution is -0.121. The van der Waals surface area contributed by atoms with Crippen molar-refractivity contribution in [3.8, 4) is 11.5 Å². The van der Waals surface area contributed by atoms with Crippen LogP contribution in [0.5, 0.6) is 11.5 Å². The minimum absolute atomic E-state index is 0.180. The predicted molar refractivity (Wildman–Crippen MR) is 97.2 cm³/mol. The van der Waals surface area contributed by atoms with Crippen LogP contribution in [0.1, 0.15) is 24.5 Å². The molecule has 0 spiro atoms. The summed E-state index contributed by atoms with van der Waals surface area (Å²) in [6.07, 6.45) is 2.23. The summed E-state index contributed by atoms with van der Waals surface area (Å²) in [5, 5.41) is 7.26. The second kappa shape index (κ2) is 7.70. The van der Waals surface area contributed by atoms with Gasteiger partial charge >= 0.3 is 0 Å². The first-order chi connectivity index (χ1) is 12.2. The average Bonchev–Trinajstić information content (AvgIpc) is 3.07. The summed E-state index contributed by atoms with van der Waals surface area (Å²) in [6, 6.07) is 13.1. The van der Waals surface area contributed by atoms with Gasteiger partial charge in [0.15, 0.2) is 11.5 Å². The van der Waals surface area contributed by atoms with E-state index in [1.807, 2.05) is 56.3 Å². The molecule has 0 aliphatic carbocycles. The molecule has 3 rings (SSSR count). The maximum Gasteiger partial charge on any atom is 0.262 e. The van der Waals surface area contributed by atoms with Crippen LogP contribution in [-0.2, 0) is 4.79 Å². The molecule has 0 aromatic heterocycles. The Kier molecular flexibility index (Phi) is 5.18. The quantitative estimate of drug-likeness (QED) is 0.627. The molecule has 130 valence electrons. The highest BCUT2D eigenvalue weighted by Crippen LogP contribution is 2.31. The molecule has 0 bridgehead atoms. The number of nitrogens with zero attached hydrogens (tertiary/aromatic N) is 1. The van der Waals surface area contributed by atoms with E-state index in [4.69, 9.17) is 9.47 Å². The fraction of sp³-hybridized carbons (Fsp3) is 0.263. The number of anilines is 1. The number of carbonyl (C=O) groups excluding carboxylic acids is 1. The van der Waals surface area contributed by atoms with Crippen molar-refractivity contribution in [1.82, 2.24) is 5.43 Å². The van der Waals surface area contributed by atoms with E-state index in [-0.39, 0.29) is 18.7 Å². The Morgan fingerprint density at radius 2 is 2.08 bits per heavy atom. The summed E-state index contributed by atoms with van der Waals surface area (Å²) in [4.78, 5) is 12.3. The van der Waals surface area contributed by atoms with Gasteiger partial charge in [-0.2, -0.15) is 5.10 Å². The van der Waals surface area contributed by atoms with Crippen molar-refractivity contribution in [3.63, 3.8) is 0 Å². The fourth-order valence-corrected chi connectivity index (χ4v) is 2.53. The molecule has 0 saturated carbocycles. The van der Waals surface area contributed by atoms with Crippen LogP contribution >= 0.6 is 0 Å². The molecule has 0 unspecified atom stereocenters. The third kappa shape index (κ3) is 4.29. The second-order valence-electron chi connectivity index (χ2n) is 5.82. The van der Waals surface area contributed by atoms with Crippen LogP contribution in [0.4, 0.5) is 5.69 Å². The molecule has 2 N–H and O–H groups in total. The van der Waals surface area contributed by atoms with Crippen LogP contribution in [0.3, 0.4) is 0 Å². The van der Waals surface area contributed by atoms with Gasteiger partial charge in [0.2, 0.25) is 6.79 Å². The molecule has 0 fully saturated rings. The van der Waals surface area contributed by atoms with Crippen molar-refractivity contribution in [2.45, 2.75) is 26.3 Å². The molecule has 1 heterocycles. The lowest BCUT2D eigenvalue weighted by atomic mass is 10.1. The zero-order valence-corrected chi connectivity index (χ0v) is 14.3. The van der Waals surface area contributed by atoms with E-state index in [1.54, 1.807) is 6.21 Å². The Balaban J connectivity index is 1.58. The number of aryl methyl sites for hydroxylation is 1. The van der Waals surface area contributed by atoms with Crippen LogP contribution in [0.25, 0.3) is 0 Å². The molecular formula is C19H21N3O3. The fourth-order valence-electron chi connectivity index (χ4n) is 2.53. The number of amides is 1. The van der Waals surface area contributed by atoms with Crippen molar-refractivity contribution in [3.05, 3.63) is 53.6 Å². The smallest absolute Gasteiger partial charge is 0.262 e. The van der Waals surface area contributed by atoms with Gasteiger partial charge in [-0.05, 0) is 54.8 Å². The molecule has 0 radical (unpaired) electrons. The number of hydrogen-bond acceptors (Lipinski definition) is 5. The van der Waals surface area contributed by atoms with Gasteiger partial charge < -0.3 is 14.8 Å². The highest BCUT2D eigenvalue weighted by atomic mass is 16.7. The molecule has 1 aliphatic rings. The highest BCUT2D eigenvalue weighted by Gasteiger charge is 2.16. The number of hydrogen-bond donors (Lipinski definition) is 2. The number of benzene rings is 2. The Morgan fingerprint density at radius 1 is 1.24 bits per heavy atom. The zero-order valence-electron chi connectivity index (χ0n) is 14.3. The SMILES string of the molecule is CC[C@H](Nc1cccc(C)c1)C(=O)N/N=C\c1ccc2c(c1)OCO2. The van der Waals surface area contributed by atoms with E-state index in [2.05, 4.69) is 15.8 Å². The van der Waals surface area contributed by atoms with E-state index >= 15 is 0 Å². The van der Waals surface area contributed by atoms with Crippen LogP contribution in [0.2, 0.25) is 0 Å². The Bertz CT molecular complexity index is 789. The molecule has 1 aliphatic heterocycles. The lowest BCUT2D eigenvalue weighted by Crippen LogP contribution is -2.36. The first-order valence-electron chi connectivity index (χ1n) is 8.21. The topological polar surface area (TPSA) is 72.0 Å². The van der Waals surface area contributed by atoms with E-state index in [1.165, 1.54) is 0 Å². The van der Waals surface area contributed by atoms with Crippen molar-refractivity contribution >= 4 is 17.8 Å². The van der Waals surface area contributed by atoms with Crippen molar-refractivity contribution in [1.29, 1.82) is 0 Å². The predicted octanol–water partition coefficient (Wildman–Crippen LogP) is 3.06. The number of rotatable bonds is 6. The summed E-state index contributed by atoms with van der Waals surface area (Å²) < 4.78 is 10.6. The number of ether oxygens (including phenoxy) is 2. The van der Waals surface area contributed by atoms with E-state index in [0.717, 1.165) is 22.6 Å². The minimum Gasteiger partial charge on any atom is -0.454 e. The Hall–Kier alpha value is -3.02. The van der Waals surface area contributed by atoms with Gasteiger partial charge in [-0.3, -0.25) is 4.79 Å². The molecule has 1 atom stereocenters. The largest absolute Gasteiger partial charge is 0.454 e. The third-order valence-corrected chi connectivity index (χ3v) is 3.87. The summed E-state index contributed by atoms with van der Waals surface area (Å²) in [5.74, 6) is 1.22. The van der Waals surface area contributed by atoms with Gasteiger partial charge in [0.05, 0.1) is 6.21 Å². The number of fused-ring (bicyclic) bond motifs is 1. The zero-order chi connectivity index (χ0) is 17.6. The minimum atomic E-state index is -0.351. The molecular weight excluding hydrogens is 318 g/mol. The monoisotopic (exact) mass is 339 g/mol. The summed E-state index contributed by atoms with van der Waals surface area (Å²) in [7, 11) is 0. The molecule has 25 heavy (non-hydrogen) atoms. The maximum atomic E-state index is 12.3. The highest BCUT2D eigenvalue weighted by molar-refractivity contribution is 5.87. The molecule has 6 nitrogen and oxygen atoms in total. The normalized spacial score (nSPS) is 13.7. The first-order valence-corrected chi connectivity index (χ1v) is 8.21. The molecule has 1 amide bonds.